The van der Waals surface area contributed by atoms with Crippen molar-refractivity contribution in [3.63, 3.8) is 0 Å². The number of alkyl halides is 1. The van der Waals surface area contributed by atoms with Gasteiger partial charge in [-0.25, -0.2) is 0 Å². The van der Waals surface area contributed by atoms with Crippen LogP contribution in [0.1, 0.15) is 6.42 Å². The van der Waals surface area contributed by atoms with Gasteiger partial charge in [-0.3, -0.25) is 0 Å². The van der Waals surface area contributed by atoms with Gasteiger partial charge in [-0.15, -0.1) is 11.6 Å². The second-order valence-corrected chi connectivity index (χ2v) is 5.61. The van der Waals surface area contributed by atoms with Gasteiger partial charge in [0.1, 0.15) is 16.8 Å². The van der Waals surface area contributed by atoms with E-state index in [1.54, 1.807) is 12.1 Å². The molecule has 0 saturated heterocycles. The van der Waals surface area contributed by atoms with E-state index in [0.29, 0.717) is 40.5 Å². The second-order valence-electron chi connectivity index (χ2n) is 3.41. The summed E-state index contributed by atoms with van der Waals surface area (Å²) in [7, 11) is 0. The fourth-order valence-electron chi connectivity index (χ4n) is 1.19. The molecule has 0 unspecified atom stereocenters. The molecule has 19 heavy (non-hydrogen) atoms. The van der Waals surface area contributed by atoms with Crippen LogP contribution >= 0.6 is 58.0 Å². The van der Waals surface area contributed by atoms with Gasteiger partial charge < -0.3 is 9.47 Å². The number of halogens is 5. The maximum Gasteiger partial charge on any atom is 0.156 e. The first-order valence-electron chi connectivity index (χ1n) is 5.36. The van der Waals surface area contributed by atoms with Crippen LogP contribution in [0.3, 0.4) is 0 Å². The first kappa shape index (κ1) is 17.1. The Morgan fingerprint density at radius 3 is 2.26 bits per heavy atom. The lowest BCUT2D eigenvalue weighted by molar-refractivity contribution is 0.317. The monoisotopic (exact) mass is 362 g/mol. The number of benzene rings is 1. The van der Waals surface area contributed by atoms with E-state index >= 15 is 0 Å². The van der Waals surface area contributed by atoms with Crippen molar-refractivity contribution >= 4 is 58.0 Å². The number of ether oxygens (including phenoxy) is 2. The summed E-state index contributed by atoms with van der Waals surface area (Å²) in [6, 6.07) is 3.22. The van der Waals surface area contributed by atoms with Gasteiger partial charge >= 0.3 is 0 Å². The summed E-state index contributed by atoms with van der Waals surface area (Å²) in [5.41, 5.74) is 0. The summed E-state index contributed by atoms with van der Waals surface area (Å²) in [6.07, 6.45) is 2.22. The highest BCUT2D eigenvalue weighted by Gasteiger charge is 2.10. The topological polar surface area (TPSA) is 18.5 Å². The molecule has 0 heterocycles. The fraction of sp³-hybridized carbons (Fsp3) is 0.333. The highest BCUT2D eigenvalue weighted by Crippen LogP contribution is 2.37. The number of rotatable bonds is 7. The average Bonchev–Trinajstić information content (AvgIpc) is 2.32. The van der Waals surface area contributed by atoms with Crippen molar-refractivity contribution in [1.82, 2.24) is 0 Å². The molecule has 0 aromatic heterocycles. The maximum atomic E-state index is 6.07. The molecule has 0 aliphatic rings. The summed E-state index contributed by atoms with van der Waals surface area (Å²) in [4.78, 5) is 0. The van der Waals surface area contributed by atoms with Gasteiger partial charge in [-0.05, 0) is 12.5 Å². The lowest BCUT2D eigenvalue weighted by atomic mass is 10.3. The summed E-state index contributed by atoms with van der Waals surface area (Å²) in [5, 5.41) is 0.746. The van der Waals surface area contributed by atoms with E-state index in [1.165, 1.54) is 6.08 Å². The lowest BCUT2D eigenvalue weighted by Gasteiger charge is -2.11. The van der Waals surface area contributed by atoms with Crippen LogP contribution in [0.2, 0.25) is 10.0 Å². The minimum absolute atomic E-state index is 0.137. The predicted octanol–water partition coefficient (Wildman–Crippen LogP) is 5.70. The van der Waals surface area contributed by atoms with E-state index < -0.39 is 0 Å². The van der Waals surface area contributed by atoms with E-state index in [4.69, 9.17) is 67.5 Å². The van der Waals surface area contributed by atoms with Crippen molar-refractivity contribution in [2.24, 2.45) is 0 Å². The van der Waals surface area contributed by atoms with Crippen LogP contribution < -0.4 is 9.47 Å². The van der Waals surface area contributed by atoms with Gasteiger partial charge in [-0.2, -0.15) is 0 Å². The molecule has 7 heteroatoms. The molecule has 0 atom stereocenters. The first-order valence-corrected chi connectivity index (χ1v) is 7.41. The largest absolute Gasteiger partial charge is 0.490 e. The van der Waals surface area contributed by atoms with Crippen molar-refractivity contribution in [3.05, 3.63) is 32.7 Å². The molecule has 0 saturated carbocycles. The first-order chi connectivity index (χ1) is 9.04. The molecule has 0 aliphatic heterocycles. The third kappa shape index (κ3) is 6.33. The van der Waals surface area contributed by atoms with E-state index in [0.717, 1.165) is 0 Å². The van der Waals surface area contributed by atoms with E-state index in [-0.39, 0.29) is 11.1 Å². The summed E-state index contributed by atoms with van der Waals surface area (Å²) in [5.74, 6) is 1.44. The molecular formula is C12H11Cl5O2. The van der Waals surface area contributed by atoms with Crippen molar-refractivity contribution in [2.45, 2.75) is 6.42 Å². The van der Waals surface area contributed by atoms with Gasteiger partial charge in [0.2, 0.25) is 0 Å². The van der Waals surface area contributed by atoms with Crippen LogP contribution in [-0.4, -0.2) is 19.1 Å². The molecule has 106 valence electrons. The lowest BCUT2D eigenvalue weighted by Crippen LogP contribution is -2.00. The second kappa shape index (κ2) is 9.04. The Hall–Kier alpha value is 0.01000. The van der Waals surface area contributed by atoms with Crippen molar-refractivity contribution in [2.75, 3.05) is 19.1 Å². The molecule has 0 aliphatic carbocycles. The van der Waals surface area contributed by atoms with Gasteiger partial charge in [-0.1, -0.05) is 46.4 Å². The molecule has 0 spiro atoms. The SMILES string of the molecule is ClCCCOc1c(Cl)cc(OCC=C(Cl)Cl)cc1Cl. The standard InChI is InChI=1S/C12H11Cl5O2/c13-3-1-4-19-12-9(14)6-8(7-10(12)15)18-5-2-11(16)17/h2,6-7H,1,3-5H2. The smallest absolute Gasteiger partial charge is 0.156 e. The zero-order chi connectivity index (χ0) is 14.3. The Morgan fingerprint density at radius 2 is 1.74 bits per heavy atom. The van der Waals surface area contributed by atoms with Crippen molar-refractivity contribution in [1.29, 1.82) is 0 Å². The van der Waals surface area contributed by atoms with Crippen LogP contribution in [0.4, 0.5) is 0 Å². The molecule has 0 N–H and O–H groups in total. The van der Waals surface area contributed by atoms with Crippen LogP contribution in [0.15, 0.2) is 22.7 Å². The van der Waals surface area contributed by atoms with Crippen molar-refractivity contribution < 1.29 is 9.47 Å². The van der Waals surface area contributed by atoms with E-state index in [2.05, 4.69) is 0 Å². The minimum Gasteiger partial charge on any atom is -0.490 e. The van der Waals surface area contributed by atoms with Crippen LogP contribution in [-0.2, 0) is 0 Å². The van der Waals surface area contributed by atoms with Gasteiger partial charge in [0.15, 0.2) is 5.75 Å². The normalized spacial score (nSPS) is 10.2. The van der Waals surface area contributed by atoms with Gasteiger partial charge in [0.05, 0.1) is 16.7 Å². The van der Waals surface area contributed by atoms with Crippen LogP contribution in [0.5, 0.6) is 11.5 Å². The molecule has 1 aromatic rings. The molecule has 0 bridgehead atoms. The van der Waals surface area contributed by atoms with E-state index in [1.807, 2.05) is 0 Å². The summed E-state index contributed by atoms with van der Waals surface area (Å²) < 4.78 is 11.0. The maximum absolute atomic E-state index is 6.07. The zero-order valence-corrected chi connectivity index (χ0v) is 13.5. The Kier molecular flexibility index (Phi) is 8.12. The Morgan fingerprint density at radius 1 is 1.11 bits per heavy atom. The highest BCUT2D eigenvalue weighted by molar-refractivity contribution is 6.55. The Bertz CT molecular complexity index is 421. The Labute approximate surface area is 137 Å². The molecular weight excluding hydrogens is 353 g/mol. The van der Waals surface area contributed by atoms with Crippen LogP contribution in [0, 0.1) is 0 Å². The molecule has 2 nitrogen and oxygen atoms in total. The molecule has 0 fully saturated rings. The zero-order valence-electron chi connectivity index (χ0n) is 9.77. The molecule has 0 radical (unpaired) electrons. The Balaban J connectivity index is 2.70. The third-order valence-electron chi connectivity index (χ3n) is 1.98. The van der Waals surface area contributed by atoms with Crippen molar-refractivity contribution in [3.8, 4) is 11.5 Å². The summed E-state index contributed by atoms with van der Waals surface area (Å²) >= 11 is 28.6. The van der Waals surface area contributed by atoms with Crippen LogP contribution in [0.25, 0.3) is 0 Å². The van der Waals surface area contributed by atoms with Gasteiger partial charge in [0.25, 0.3) is 0 Å². The summed E-state index contributed by atoms with van der Waals surface area (Å²) in [6.45, 7) is 0.676. The predicted molar refractivity (Wildman–Crippen MR) is 82.6 cm³/mol. The fourth-order valence-corrected chi connectivity index (χ4v) is 2.00. The van der Waals surface area contributed by atoms with E-state index in [9.17, 15) is 0 Å². The third-order valence-corrected chi connectivity index (χ3v) is 3.12. The molecule has 1 rings (SSSR count). The molecule has 0 amide bonds. The van der Waals surface area contributed by atoms with Gasteiger partial charge in [0, 0.05) is 18.0 Å². The average molecular weight is 364 g/mol. The number of hydrogen-bond acceptors (Lipinski definition) is 2. The minimum atomic E-state index is 0.137. The molecule has 1 aromatic carbocycles. The quantitative estimate of drug-likeness (QED) is 0.456. The highest BCUT2D eigenvalue weighted by atomic mass is 35.5. The number of hydrogen-bond donors (Lipinski definition) is 0.